The predicted octanol–water partition coefficient (Wildman–Crippen LogP) is 3.63. The normalized spacial score (nSPS) is 14.5. The monoisotopic (exact) mass is 332 g/mol. The van der Waals surface area contributed by atoms with Crippen LogP contribution in [0.3, 0.4) is 0 Å². The molecular weight excluding hydrogens is 324 g/mol. The maximum absolute atomic E-state index is 5.52. The van der Waals surface area contributed by atoms with E-state index in [2.05, 4.69) is 31.9 Å². The third-order valence-corrected chi connectivity index (χ3v) is 2.98. The van der Waals surface area contributed by atoms with Crippen LogP contribution in [0.15, 0.2) is 22.7 Å². The van der Waals surface area contributed by atoms with E-state index in [1.54, 1.807) is 0 Å². The lowest BCUT2D eigenvalue weighted by molar-refractivity contribution is 0.170. The molecule has 15 heavy (non-hydrogen) atoms. The number of allylic oxidation sites excluding steroid dienone is 1. The number of hydrogen-bond acceptors (Lipinski definition) is 2. The quantitative estimate of drug-likeness (QED) is 0.769. The van der Waals surface area contributed by atoms with E-state index in [1.807, 2.05) is 24.3 Å². The molecule has 1 aromatic rings. The Hall–Kier alpha value is -0.480. The summed E-state index contributed by atoms with van der Waals surface area (Å²) < 4.78 is 12.0. The molecule has 1 aliphatic heterocycles. The molecule has 0 bridgehead atoms. The maximum Gasteiger partial charge on any atom is 0.175 e. The van der Waals surface area contributed by atoms with Gasteiger partial charge in [0.25, 0.3) is 0 Å². The third-order valence-electron chi connectivity index (χ3n) is 2.02. The molecule has 0 radical (unpaired) electrons. The van der Waals surface area contributed by atoms with Crippen LogP contribution in [0.1, 0.15) is 5.56 Å². The van der Waals surface area contributed by atoms with Crippen molar-refractivity contribution in [3.05, 3.63) is 28.2 Å². The summed E-state index contributed by atoms with van der Waals surface area (Å²) >= 11 is 6.82. The summed E-state index contributed by atoms with van der Waals surface area (Å²) in [4.78, 5) is 0. The first-order valence-electron chi connectivity index (χ1n) is 4.63. The first kappa shape index (κ1) is 11.0. The summed E-state index contributed by atoms with van der Waals surface area (Å²) in [7, 11) is 0. The molecule has 0 aliphatic carbocycles. The maximum atomic E-state index is 5.52. The Kier molecular flexibility index (Phi) is 3.70. The largest absolute Gasteiger partial charge is 0.486 e. The second kappa shape index (κ2) is 5.03. The first-order chi connectivity index (χ1) is 7.31. The molecule has 0 amide bonds. The zero-order valence-electron chi connectivity index (χ0n) is 8.00. The summed E-state index contributed by atoms with van der Waals surface area (Å²) in [6.07, 6.45) is 4.08. The number of fused-ring (bicyclic) bond motifs is 1. The lowest BCUT2D eigenvalue weighted by atomic mass is 10.2. The molecule has 4 heteroatoms. The third kappa shape index (κ3) is 2.55. The van der Waals surface area contributed by atoms with Crippen LogP contribution >= 0.6 is 31.9 Å². The van der Waals surface area contributed by atoms with Gasteiger partial charge in [-0.3, -0.25) is 0 Å². The summed E-state index contributed by atoms with van der Waals surface area (Å²) in [5.74, 6) is 1.61. The second-order valence-electron chi connectivity index (χ2n) is 3.08. The molecule has 0 saturated heterocycles. The molecule has 0 spiro atoms. The van der Waals surface area contributed by atoms with Gasteiger partial charge in [-0.25, -0.2) is 0 Å². The zero-order chi connectivity index (χ0) is 10.7. The van der Waals surface area contributed by atoms with Gasteiger partial charge in [0.2, 0.25) is 0 Å². The minimum atomic E-state index is 0.613. The highest BCUT2D eigenvalue weighted by Crippen LogP contribution is 2.38. The summed E-state index contributed by atoms with van der Waals surface area (Å²) in [5.41, 5.74) is 1.10. The van der Waals surface area contributed by atoms with E-state index in [4.69, 9.17) is 9.47 Å². The van der Waals surface area contributed by atoms with E-state index in [9.17, 15) is 0 Å². The van der Waals surface area contributed by atoms with Crippen molar-refractivity contribution in [3.8, 4) is 11.5 Å². The van der Waals surface area contributed by atoms with Gasteiger partial charge in [-0.15, -0.1) is 0 Å². The minimum Gasteiger partial charge on any atom is -0.486 e. The molecule has 80 valence electrons. The molecule has 0 fully saturated rings. The van der Waals surface area contributed by atoms with Crippen molar-refractivity contribution >= 4 is 37.9 Å². The summed E-state index contributed by atoms with van der Waals surface area (Å²) in [5, 5.41) is 0.846. The number of alkyl halides is 1. The smallest absolute Gasteiger partial charge is 0.175 e. The molecule has 0 N–H and O–H groups in total. The van der Waals surface area contributed by atoms with E-state index < -0.39 is 0 Å². The van der Waals surface area contributed by atoms with E-state index in [0.29, 0.717) is 13.2 Å². The second-order valence-corrected chi connectivity index (χ2v) is 4.59. The fourth-order valence-electron chi connectivity index (χ4n) is 1.41. The van der Waals surface area contributed by atoms with Crippen LogP contribution in [-0.4, -0.2) is 18.5 Å². The van der Waals surface area contributed by atoms with Crippen molar-refractivity contribution in [2.75, 3.05) is 18.5 Å². The van der Waals surface area contributed by atoms with Gasteiger partial charge in [-0.2, -0.15) is 0 Å². The van der Waals surface area contributed by atoms with Crippen LogP contribution in [0.2, 0.25) is 0 Å². The number of ether oxygens (including phenoxy) is 2. The topological polar surface area (TPSA) is 18.5 Å². The van der Waals surface area contributed by atoms with Gasteiger partial charge in [0.15, 0.2) is 11.5 Å². The Morgan fingerprint density at radius 3 is 2.87 bits per heavy atom. The van der Waals surface area contributed by atoms with Crippen molar-refractivity contribution < 1.29 is 9.47 Å². The summed E-state index contributed by atoms with van der Waals surface area (Å²) in [6, 6.07) is 4.01. The Labute approximate surface area is 106 Å². The van der Waals surface area contributed by atoms with Gasteiger partial charge in [0.05, 0.1) is 4.47 Å². The van der Waals surface area contributed by atoms with Crippen molar-refractivity contribution in [3.63, 3.8) is 0 Å². The van der Waals surface area contributed by atoms with Crippen molar-refractivity contribution in [2.45, 2.75) is 0 Å². The van der Waals surface area contributed by atoms with Gasteiger partial charge in [0, 0.05) is 5.33 Å². The van der Waals surface area contributed by atoms with E-state index in [-0.39, 0.29) is 0 Å². The van der Waals surface area contributed by atoms with E-state index >= 15 is 0 Å². The fraction of sp³-hybridized carbons (Fsp3) is 0.273. The van der Waals surface area contributed by atoms with Gasteiger partial charge in [-0.05, 0) is 33.6 Å². The van der Waals surface area contributed by atoms with Crippen molar-refractivity contribution in [1.82, 2.24) is 0 Å². The van der Waals surface area contributed by atoms with Crippen LogP contribution in [0.4, 0.5) is 0 Å². The van der Waals surface area contributed by atoms with Gasteiger partial charge in [-0.1, -0.05) is 28.1 Å². The van der Waals surface area contributed by atoms with Gasteiger partial charge in [0.1, 0.15) is 13.2 Å². The average Bonchev–Trinajstić information content (AvgIpc) is 2.26. The number of hydrogen-bond donors (Lipinski definition) is 0. The number of rotatable bonds is 2. The molecule has 0 unspecified atom stereocenters. The van der Waals surface area contributed by atoms with Crippen LogP contribution in [-0.2, 0) is 0 Å². The van der Waals surface area contributed by atoms with Crippen LogP contribution in [0.5, 0.6) is 11.5 Å². The molecule has 0 saturated carbocycles. The average molecular weight is 334 g/mol. The van der Waals surface area contributed by atoms with Crippen molar-refractivity contribution in [1.29, 1.82) is 0 Å². The Morgan fingerprint density at radius 2 is 2.07 bits per heavy atom. The highest BCUT2D eigenvalue weighted by Gasteiger charge is 2.15. The van der Waals surface area contributed by atoms with E-state index in [0.717, 1.165) is 26.9 Å². The van der Waals surface area contributed by atoms with Crippen LogP contribution in [0.25, 0.3) is 6.08 Å². The fourth-order valence-corrected chi connectivity index (χ4v) is 2.17. The Morgan fingerprint density at radius 1 is 1.27 bits per heavy atom. The Bertz CT molecular complexity index is 388. The molecule has 1 aromatic carbocycles. The summed E-state index contributed by atoms with van der Waals surface area (Å²) in [6.45, 7) is 1.23. The lowest BCUT2D eigenvalue weighted by Crippen LogP contribution is -2.15. The highest BCUT2D eigenvalue weighted by molar-refractivity contribution is 9.10. The van der Waals surface area contributed by atoms with Gasteiger partial charge >= 0.3 is 0 Å². The molecule has 0 aromatic heterocycles. The van der Waals surface area contributed by atoms with Crippen molar-refractivity contribution in [2.24, 2.45) is 0 Å². The molecular formula is C11H10Br2O2. The van der Waals surface area contributed by atoms with Crippen LogP contribution < -0.4 is 9.47 Å². The SMILES string of the molecule is BrCC=Cc1cc(Br)c2c(c1)OCCO2. The first-order valence-corrected chi connectivity index (χ1v) is 6.54. The molecule has 2 nitrogen and oxygen atoms in total. The zero-order valence-corrected chi connectivity index (χ0v) is 11.2. The number of benzene rings is 1. The van der Waals surface area contributed by atoms with E-state index in [1.165, 1.54) is 0 Å². The highest BCUT2D eigenvalue weighted by atomic mass is 79.9. The van der Waals surface area contributed by atoms with Crippen LogP contribution in [0, 0.1) is 0 Å². The Balaban J connectivity index is 2.36. The lowest BCUT2D eigenvalue weighted by Gasteiger charge is -2.19. The molecule has 0 atom stereocenters. The number of halogens is 2. The molecule has 1 heterocycles. The van der Waals surface area contributed by atoms with Gasteiger partial charge < -0.3 is 9.47 Å². The predicted molar refractivity (Wildman–Crippen MR) is 68.0 cm³/mol. The standard InChI is InChI=1S/C11H10Br2O2/c12-3-1-2-8-6-9(13)11-10(7-8)14-4-5-15-11/h1-2,6-7H,3-5H2. The minimum absolute atomic E-state index is 0.613. The molecule has 1 aliphatic rings. The molecule has 2 rings (SSSR count).